The summed E-state index contributed by atoms with van der Waals surface area (Å²) in [4.78, 5) is 2.16. The third-order valence-corrected chi connectivity index (χ3v) is 3.22. The third-order valence-electron chi connectivity index (χ3n) is 3.22. The van der Waals surface area contributed by atoms with Crippen molar-refractivity contribution in [1.29, 1.82) is 5.26 Å². The molecule has 1 aromatic carbocycles. The van der Waals surface area contributed by atoms with Gasteiger partial charge in [-0.2, -0.15) is 5.26 Å². The van der Waals surface area contributed by atoms with Crippen LogP contribution in [0.5, 0.6) is 0 Å². The molecule has 94 valence electrons. The van der Waals surface area contributed by atoms with E-state index in [0.717, 1.165) is 6.54 Å². The number of para-hydroxylation sites is 1. The first-order valence-corrected chi connectivity index (χ1v) is 6.11. The molecule has 0 N–H and O–H groups in total. The molecule has 1 heterocycles. The van der Waals surface area contributed by atoms with E-state index in [1.54, 1.807) is 0 Å². The fourth-order valence-electron chi connectivity index (χ4n) is 2.34. The first-order valence-electron chi connectivity index (χ1n) is 6.11. The molecule has 0 aliphatic carbocycles. The van der Waals surface area contributed by atoms with Crippen molar-refractivity contribution < 1.29 is 0 Å². The van der Waals surface area contributed by atoms with Gasteiger partial charge >= 0.3 is 0 Å². The van der Waals surface area contributed by atoms with Crippen LogP contribution in [0.2, 0.25) is 0 Å². The maximum Gasteiger partial charge on any atom is 0.0702 e. The van der Waals surface area contributed by atoms with E-state index in [2.05, 4.69) is 47.0 Å². The predicted octanol–water partition coefficient (Wildman–Crippen LogP) is 3.16. The van der Waals surface area contributed by atoms with Crippen molar-refractivity contribution in [2.45, 2.75) is 13.8 Å². The Hall–Kier alpha value is -1.95. The monoisotopic (exact) mass is 241 g/mol. The summed E-state index contributed by atoms with van der Waals surface area (Å²) in [5.74, 6) is 0. The molecule has 0 fully saturated rings. The topological polar surface area (TPSA) is 32.0 Å². The summed E-state index contributed by atoms with van der Waals surface area (Å²) in [5.41, 5.74) is 2.05. The largest absolute Gasteiger partial charge is 0.371 e. The summed E-state index contributed by atoms with van der Waals surface area (Å²) in [6, 6.07) is 10.7. The molecule has 0 aliphatic heterocycles. The molecule has 0 aliphatic rings. The van der Waals surface area contributed by atoms with Crippen LogP contribution >= 0.6 is 0 Å². The molecule has 0 amide bonds. The highest BCUT2D eigenvalue weighted by atomic mass is 15.1. The van der Waals surface area contributed by atoms with Crippen LogP contribution < -0.4 is 4.90 Å². The zero-order valence-corrected chi connectivity index (χ0v) is 11.4. The van der Waals surface area contributed by atoms with E-state index in [4.69, 9.17) is 5.26 Å². The van der Waals surface area contributed by atoms with Gasteiger partial charge < -0.3 is 9.47 Å². The van der Waals surface area contributed by atoms with Gasteiger partial charge in [-0.15, -0.1) is 0 Å². The van der Waals surface area contributed by atoms with Gasteiger partial charge in [0.15, 0.2) is 0 Å². The molecule has 0 spiro atoms. The van der Waals surface area contributed by atoms with Gasteiger partial charge in [0, 0.05) is 37.7 Å². The number of rotatable bonds is 3. The number of fused-ring (bicyclic) bond motifs is 1. The minimum atomic E-state index is -0.342. The number of aromatic nitrogens is 1. The first-order chi connectivity index (χ1) is 8.44. The van der Waals surface area contributed by atoms with E-state index in [1.807, 2.05) is 27.0 Å². The molecule has 3 heteroatoms. The van der Waals surface area contributed by atoms with Crippen LogP contribution in [0.4, 0.5) is 5.69 Å². The van der Waals surface area contributed by atoms with Gasteiger partial charge in [0.05, 0.1) is 17.2 Å². The lowest BCUT2D eigenvalue weighted by atomic mass is 9.95. The van der Waals surface area contributed by atoms with Crippen LogP contribution in [0.1, 0.15) is 13.8 Å². The van der Waals surface area contributed by atoms with Crippen LogP contribution in [0.3, 0.4) is 0 Å². The molecule has 18 heavy (non-hydrogen) atoms. The number of nitriles is 1. The first kappa shape index (κ1) is 12.5. The van der Waals surface area contributed by atoms with Crippen LogP contribution in [0, 0.1) is 16.7 Å². The molecule has 2 aromatic rings. The van der Waals surface area contributed by atoms with E-state index in [9.17, 15) is 0 Å². The predicted molar refractivity (Wildman–Crippen MR) is 75.6 cm³/mol. The second-order valence-corrected chi connectivity index (χ2v) is 5.49. The second-order valence-electron chi connectivity index (χ2n) is 5.49. The minimum Gasteiger partial charge on any atom is -0.371 e. The molecular formula is C15H19N3. The Morgan fingerprint density at radius 3 is 2.67 bits per heavy atom. The molecule has 0 atom stereocenters. The number of anilines is 1. The molecular weight excluding hydrogens is 222 g/mol. The molecule has 0 saturated heterocycles. The van der Waals surface area contributed by atoms with Gasteiger partial charge in [-0.3, -0.25) is 0 Å². The van der Waals surface area contributed by atoms with E-state index >= 15 is 0 Å². The van der Waals surface area contributed by atoms with Crippen molar-refractivity contribution in [2.24, 2.45) is 12.5 Å². The second kappa shape index (κ2) is 4.38. The van der Waals surface area contributed by atoms with Crippen molar-refractivity contribution in [3.05, 3.63) is 30.5 Å². The number of hydrogen-bond acceptors (Lipinski definition) is 2. The fraction of sp³-hybridized carbons (Fsp3) is 0.400. The number of hydrogen-bond donors (Lipinski definition) is 0. The van der Waals surface area contributed by atoms with E-state index in [-0.39, 0.29) is 5.41 Å². The summed E-state index contributed by atoms with van der Waals surface area (Å²) in [5, 5.41) is 10.4. The molecule has 0 radical (unpaired) electrons. The van der Waals surface area contributed by atoms with Gasteiger partial charge in [-0.05, 0) is 19.9 Å². The van der Waals surface area contributed by atoms with Gasteiger partial charge in [-0.1, -0.05) is 18.2 Å². The highest BCUT2D eigenvalue weighted by Gasteiger charge is 2.21. The maximum atomic E-state index is 9.13. The smallest absolute Gasteiger partial charge is 0.0702 e. The van der Waals surface area contributed by atoms with Gasteiger partial charge in [0.2, 0.25) is 0 Å². The number of benzene rings is 1. The van der Waals surface area contributed by atoms with Crippen molar-refractivity contribution in [1.82, 2.24) is 4.57 Å². The lowest BCUT2D eigenvalue weighted by molar-refractivity contribution is 0.498. The Labute approximate surface area is 108 Å². The zero-order chi connectivity index (χ0) is 13.3. The summed E-state index contributed by atoms with van der Waals surface area (Å²) < 4.78 is 2.13. The third kappa shape index (κ3) is 2.19. The van der Waals surface area contributed by atoms with Gasteiger partial charge in [0.25, 0.3) is 0 Å². The average molecular weight is 241 g/mol. The van der Waals surface area contributed by atoms with Crippen LogP contribution in [-0.2, 0) is 7.05 Å². The normalized spacial score (nSPS) is 11.5. The average Bonchev–Trinajstić information content (AvgIpc) is 2.67. The zero-order valence-electron chi connectivity index (χ0n) is 11.4. The Morgan fingerprint density at radius 2 is 2.00 bits per heavy atom. The van der Waals surface area contributed by atoms with Gasteiger partial charge in [-0.25, -0.2) is 0 Å². The highest BCUT2D eigenvalue weighted by Crippen LogP contribution is 2.29. The maximum absolute atomic E-state index is 9.13. The van der Waals surface area contributed by atoms with Crippen molar-refractivity contribution in [2.75, 3.05) is 18.5 Å². The van der Waals surface area contributed by atoms with Crippen molar-refractivity contribution in [3.8, 4) is 6.07 Å². The van der Waals surface area contributed by atoms with Crippen LogP contribution in [-0.4, -0.2) is 18.2 Å². The number of aryl methyl sites for hydroxylation is 1. The molecule has 0 unspecified atom stereocenters. The lowest BCUT2D eigenvalue weighted by Gasteiger charge is -2.25. The van der Waals surface area contributed by atoms with E-state index in [1.165, 1.54) is 16.6 Å². The van der Waals surface area contributed by atoms with E-state index in [0.29, 0.717) is 0 Å². The summed E-state index contributed by atoms with van der Waals surface area (Å²) in [6.07, 6.45) is 2.12. The Kier molecular flexibility index (Phi) is 3.04. The Bertz CT molecular complexity index is 602. The van der Waals surface area contributed by atoms with Crippen molar-refractivity contribution >= 4 is 16.6 Å². The highest BCUT2D eigenvalue weighted by molar-refractivity contribution is 5.93. The van der Waals surface area contributed by atoms with Crippen LogP contribution in [0.25, 0.3) is 10.9 Å². The molecule has 0 bridgehead atoms. The lowest BCUT2D eigenvalue weighted by Crippen LogP contribution is -2.30. The summed E-state index contributed by atoms with van der Waals surface area (Å²) >= 11 is 0. The molecule has 2 rings (SSSR count). The van der Waals surface area contributed by atoms with Gasteiger partial charge in [0.1, 0.15) is 0 Å². The summed E-state index contributed by atoms with van der Waals surface area (Å²) in [6.45, 7) is 4.65. The molecule has 1 aromatic heterocycles. The minimum absolute atomic E-state index is 0.342. The Balaban J connectivity index is 2.40. The van der Waals surface area contributed by atoms with E-state index < -0.39 is 0 Å². The quantitative estimate of drug-likeness (QED) is 0.826. The SMILES string of the molecule is CN(CC(C)(C)C#N)c1cn(C)c2ccccc12. The molecule has 0 saturated carbocycles. The molecule has 3 nitrogen and oxygen atoms in total. The standard InChI is InChI=1S/C15H19N3/c1-15(2,10-16)11-18(4)14-9-17(3)13-8-6-5-7-12(13)14/h5-9H,11H2,1-4H3. The number of nitrogens with zero attached hydrogens (tertiary/aromatic N) is 3. The van der Waals surface area contributed by atoms with Crippen LogP contribution in [0.15, 0.2) is 30.5 Å². The Morgan fingerprint density at radius 1 is 1.33 bits per heavy atom. The van der Waals surface area contributed by atoms with Crippen molar-refractivity contribution in [3.63, 3.8) is 0 Å². The fourth-order valence-corrected chi connectivity index (χ4v) is 2.34. The summed E-state index contributed by atoms with van der Waals surface area (Å²) in [7, 11) is 4.09.